The molecule has 1 atom stereocenters. The molecular weight excluding hydrogens is 298 g/mol. The molecule has 126 valence electrons. The van der Waals surface area contributed by atoms with Gasteiger partial charge in [0, 0.05) is 11.6 Å². The number of ether oxygens (including phenoxy) is 2. The van der Waals surface area contributed by atoms with Crippen molar-refractivity contribution in [2.24, 2.45) is 0 Å². The van der Waals surface area contributed by atoms with Gasteiger partial charge < -0.3 is 9.47 Å². The van der Waals surface area contributed by atoms with E-state index >= 15 is 0 Å². The average Bonchev–Trinajstić information content (AvgIpc) is 2.58. The van der Waals surface area contributed by atoms with E-state index in [4.69, 9.17) is 9.47 Å². The molecule has 0 N–H and O–H groups in total. The molecule has 0 aliphatic carbocycles. The van der Waals surface area contributed by atoms with Gasteiger partial charge in [-0.1, -0.05) is 51.1 Å². The standard InChI is InChI=1S/C21H25NO2/c1-21(2,3)17-8-6-15(7-9-17)12-16(14-22)19-11-10-18(23-4)13-20(19)24-5/h6-11,13,16H,12H2,1-5H3. The summed E-state index contributed by atoms with van der Waals surface area (Å²) < 4.78 is 10.7. The molecule has 24 heavy (non-hydrogen) atoms. The van der Waals surface area contributed by atoms with Gasteiger partial charge in [0.1, 0.15) is 11.5 Å². The van der Waals surface area contributed by atoms with Crippen molar-refractivity contribution in [2.75, 3.05) is 14.2 Å². The van der Waals surface area contributed by atoms with Crippen molar-refractivity contribution < 1.29 is 9.47 Å². The molecule has 0 saturated heterocycles. The minimum atomic E-state index is -0.258. The molecule has 3 nitrogen and oxygen atoms in total. The Kier molecular flexibility index (Phi) is 5.51. The third kappa shape index (κ3) is 4.08. The molecule has 3 heteroatoms. The van der Waals surface area contributed by atoms with Crippen molar-refractivity contribution in [1.29, 1.82) is 5.26 Å². The number of hydrogen-bond donors (Lipinski definition) is 0. The first-order valence-corrected chi connectivity index (χ1v) is 8.10. The van der Waals surface area contributed by atoms with Crippen LogP contribution in [0.15, 0.2) is 42.5 Å². The van der Waals surface area contributed by atoms with Gasteiger partial charge >= 0.3 is 0 Å². The highest BCUT2D eigenvalue weighted by atomic mass is 16.5. The molecule has 0 fully saturated rings. The van der Waals surface area contributed by atoms with Crippen molar-refractivity contribution in [3.05, 3.63) is 59.2 Å². The summed E-state index contributed by atoms with van der Waals surface area (Å²) in [6, 6.07) is 16.5. The van der Waals surface area contributed by atoms with Crippen LogP contribution in [0.2, 0.25) is 0 Å². The number of methoxy groups -OCH3 is 2. The lowest BCUT2D eigenvalue weighted by Gasteiger charge is -2.20. The highest BCUT2D eigenvalue weighted by molar-refractivity contribution is 5.45. The van der Waals surface area contributed by atoms with Crippen LogP contribution in [0.25, 0.3) is 0 Å². The van der Waals surface area contributed by atoms with Gasteiger partial charge in [-0.05, 0) is 29.0 Å². The van der Waals surface area contributed by atoms with E-state index in [1.54, 1.807) is 14.2 Å². The maximum absolute atomic E-state index is 9.63. The zero-order valence-corrected chi connectivity index (χ0v) is 15.1. The molecule has 0 aliphatic rings. The van der Waals surface area contributed by atoms with E-state index in [0.29, 0.717) is 12.2 Å². The van der Waals surface area contributed by atoms with Crippen molar-refractivity contribution in [2.45, 2.75) is 38.5 Å². The highest BCUT2D eigenvalue weighted by Crippen LogP contribution is 2.32. The number of nitriles is 1. The van der Waals surface area contributed by atoms with Crippen molar-refractivity contribution >= 4 is 0 Å². The molecular formula is C21H25NO2. The molecule has 0 aromatic heterocycles. The maximum atomic E-state index is 9.63. The Morgan fingerprint density at radius 1 is 1.00 bits per heavy atom. The molecule has 0 amide bonds. The molecule has 0 heterocycles. The summed E-state index contributed by atoms with van der Waals surface area (Å²) in [7, 11) is 3.23. The SMILES string of the molecule is COc1ccc(C(C#N)Cc2ccc(C(C)(C)C)cc2)c(OC)c1. The van der Waals surface area contributed by atoms with Crippen LogP contribution >= 0.6 is 0 Å². The number of hydrogen-bond acceptors (Lipinski definition) is 3. The second-order valence-corrected chi connectivity index (χ2v) is 6.94. The average molecular weight is 323 g/mol. The lowest BCUT2D eigenvalue weighted by atomic mass is 9.85. The van der Waals surface area contributed by atoms with E-state index in [1.807, 2.05) is 18.2 Å². The lowest BCUT2D eigenvalue weighted by molar-refractivity contribution is 0.390. The summed E-state index contributed by atoms with van der Waals surface area (Å²) in [5.74, 6) is 1.15. The minimum Gasteiger partial charge on any atom is -0.497 e. The number of benzene rings is 2. The first-order valence-electron chi connectivity index (χ1n) is 8.10. The predicted octanol–water partition coefficient (Wildman–Crippen LogP) is 4.85. The van der Waals surface area contributed by atoms with Gasteiger partial charge in [-0.2, -0.15) is 5.26 Å². The maximum Gasteiger partial charge on any atom is 0.127 e. The van der Waals surface area contributed by atoms with Crippen LogP contribution in [0.3, 0.4) is 0 Å². The molecule has 0 spiro atoms. The summed E-state index contributed by atoms with van der Waals surface area (Å²) in [4.78, 5) is 0. The van der Waals surface area contributed by atoms with E-state index in [0.717, 1.165) is 16.9 Å². The molecule has 0 radical (unpaired) electrons. The minimum absolute atomic E-state index is 0.131. The third-order valence-corrected chi connectivity index (χ3v) is 4.23. The fourth-order valence-corrected chi connectivity index (χ4v) is 2.71. The van der Waals surface area contributed by atoms with Gasteiger partial charge in [-0.15, -0.1) is 0 Å². The van der Waals surface area contributed by atoms with E-state index in [1.165, 1.54) is 5.56 Å². The third-order valence-electron chi connectivity index (χ3n) is 4.23. The second kappa shape index (κ2) is 7.40. The topological polar surface area (TPSA) is 42.2 Å². The van der Waals surface area contributed by atoms with Crippen LogP contribution in [0.4, 0.5) is 0 Å². The van der Waals surface area contributed by atoms with Crippen molar-refractivity contribution in [1.82, 2.24) is 0 Å². The largest absolute Gasteiger partial charge is 0.497 e. The smallest absolute Gasteiger partial charge is 0.127 e. The van der Waals surface area contributed by atoms with Gasteiger partial charge in [0.25, 0.3) is 0 Å². The Hall–Kier alpha value is -2.47. The fourth-order valence-electron chi connectivity index (χ4n) is 2.71. The Labute approximate surface area is 144 Å². The summed E-state index contributed by atoms with van der Waals surface area (Å²) in [6.45, 7) is 6.59. The van der Waals surface area contributed by atoms with Gasteiger partial charge in [-0.25, -0.2) is 0 Å². The molecule has 2 rings (SSSR count). The van der Waals surface area contributed by atoms with Gasteiger partial charge in [-0.3, -0.25) is 0 Å². The normalized spacial score (nSPS) is 12.3. The lowest BCUT2D eigenvalue weighted by Crippen LogP contribution is -2.11. The first kappa shape index (κ1) is 17.9. The Balaban J connectivity index is 2.26. The zero-order chi connectivity index (χ0) is 17.7. The van der Waals surface area contributed by atoms with Crippen LogP contribution < -0.4 is 9.47 Å². The quantitative estimate of drug-likeness (QED) is 0.790. The zero-order valence-electron chi connectivity index (χ0n) is 15.1. The molecule has 0 aliphatic heterocycles. The fraction of sp³-hybridized carbons (Fsp3) is 0.381. The van der Waals surface area contributed by atoms with Crippen LogP contribution in [-0.4, -0.2) is 14.2 Å². The van der Waals surface area contributed by atoms with Crippen LogP contribution in [0, 0.1) is 11.3 Å². The summed E-state index contributed by atoms with van der Waals surface area (Å²) in [5, 5.41) is 9.63. The predicted molar refractivity (Wildman–Crippen MR) is 96.7 cm³/mol. The summed E-state index contributed by atoms with van der Waals surface area (Å²) in [6.07, 6.45) is 0.656. The van der Waals surface area contributed by atoms with Crippen LogP contribution in [-0.2, 0) is 11.8 Å². The molecule has 0 saturated carbocycles. The van der Waals surface area contributed by atoms with Crippen LogP contribution in [0.1, 0.15) is 43.4 Å². The monoisotopic (exact) mass is 323 g/mol. The van der Waals surface area contributed by atoms with E-state index in [-0.39, 0.29) is 11.3 Å². The van der Waals surface area contributed by atoms with Gasteiger partial charge in [0.2, 0.25) is 0 Å². The molecule has 2 aromatic rings. The Morgan fingerprint density at radius 3 is 2.17 bits per heavy atom. The molecule has 0 bridgehead atoms. The Bertz CT molecular complexity index is 721. The Morgan fingerprint density at radius 2 is 1.67 bits per heavy atom. The summed E-state index contributed by atoms with van der Waals surface area (Å²) in [5.41, 5.74) is 3.46. The molecule has 2 aromatic carbocycles. The van der Waals surface area contributed by atoms with E-state index < -0.39 is 0 Å². The number of nitrogens with zero attached hydrogens (tertiary/aromatic N) is 1. The second-order valence-electron chi connectivity index (χ2n) is 6.94. The van der Waals surface area contributed by atoms with E-state index in [2.05, 4.69) is 51.1 Å². The van der Waals surface area contributed by atoms with Crippen molar-refractivity contribution in [3.8, 4) is 17.6 Å². The van der Waals surface area contributed by atoms with Crippen LogP contribution in [0.5, 0.6) is 11.5 Å². The molecule has 1 unspecified atom stereocenters. The summed E-state index contributed by atoms with van der Waals surface area (Å²) >= 11 is 0. The van der Waals surface area contributed by atoms with E-state index in [9.17, 15) is 5.26 Å². The number of rotatable bonds is 5. The highest BCUT2D eigenvalue weighted by Gasteiger charge is 2.18. The van der Waals surface area contributed by atoms with Gasteiger partial charge in [0.05, 0.1) is 26.2 Å². The van der Waals surface area contributed by atoms with Gasteiger partial charge in [0.15, 0.2) is 0 Å². The van der Waals surface area contributed by atoms with Crippen molar-refractivity contribution in [3.63, 3.8) is 0 Å². The first-order chi connectivity index (χ1) is 11.4.